The van der Waals surface area contributed by atoms with Crippen molar-refractivity contribution >= 4 is 5.78 Å². The first kappa shape index (κ1) is 20.0. The van der Waals surface area contributed by atoms with Gasteiger partial charge >= 0.3 is 0 Å². The molecule has 0 amide bonds. The minimum Gasteiger partial charge on any atom is -0.497 e. The van der Waals surface area contributed by atoms with Crippen molar-refractivity contribution in [3.63, 3.8) is 0 Å². The van der Waals surface area contributed by atoms with Crippen LogP contribution in [0.4, 0.5) is 0 Å². The van der Waals surface area contributed by atoms with Crippen LogP contribution < -0.4 is 4.74 Å². The molecule has 0 bridgehead atoms. The topological polar surface area (TPSA) is 44.8 Å². The third kappa shape index (κ3) is 2.97. The van der Waals surface area contributed by atoms with E-state index < -0.39 is 0 Å². The second kappa shape index (κ2) is 7.18. The van der Waals surface area contributed by atoms with E-state index in [4.69, 9.17) is 14.2 Å². The zero-order valence-electron chi connectivity index (χ0n) is 18.8. The predicted octanol–water partition coefficient (Wildman–Crippen LogP) is 5.42. The van der Waals surface area contributed by atoms with Gasteiger partial charge in [-0.1, -0.05) is 30.2 Å². The Balaban J connectivity index is 1.43. The molecule has 1 aromatic rings. The molecule has 1 aliphatic heterocycles. The van der Waals surface area contributed by atoms with Crippen LogP contribution in [-0.2, 0) is 14.3 Å². The van der Waals surface area contributed by atoms with Gasteiger partial charge in [-0.05, 0) is 67.6 Å². The minimum atomic E-state index is -0.330. The SMILES string of the molecule is COc1ccc(C2CC3(C)C(=O)CCC3C3CCC4CC5(CCC4=C23)OCCO5)cc1. The maximum Gasteiger partial charge on any atom is 0.169 e. The lowest BCUT2D eigenvalue weighted by atomic mass is 9.52. The third-order valence-corrected chi connectivity index (χ3v) is 9.38. The number of allylic oxidation sites excluding steroid dienone is 2. The normalized spacial score (nSPS) is 38.7. The molecular weight excluding hydrogens is 388 g/mol. The fraction of sp³-hybridized carbons (Fsp3) is 0.667. The Labute approximate surface area is 185 Å². The first-order valence-corrected chi connectivity index (χ1v) is 12.2. The van der Waals surface area contributed by atoms with Crippen molar-refractivity contribution in [1.82, 2.24) is 0 Å². The van der Waals surface area contributed by atoms with Gasteiger partial charge in [0, 0.05) is 30.6 Å². The molecule has 1 heterocycles. The summed E-state index contributed by atoms with van der Waals surface area (Å²) in [7, 11) is 1.72. The molecular formula is C27H34O4. The Morgan fingerprint density at radius 3 is 2.52 bits per heavy atom. The van der Waals surface area contributed by atoms with Crippen LogP contribution >= 0.6 is 0 Å². The van der Waals surface area contributed by atoms with Gasteiger partial charge in [-0.15, -0.1) is 0 Å². The average Bonchev–Trinajstić information content (AvgIpc) is 3.37. The van der Waals surface area contributed by atoms with Crippen LogP contribution in [0.2, 0.25) is 0 Å². The zero-order valence-corrected chi connectivity index (χ0v) is 18.8. The number of carbonyl (C=O) groups is 1. The van der Waals surface area contributed by atoms with Gasteiger partial charge in [0.25, 0.3) is 0 Å². The monoisotopic (exact) mass is 422 g/mol. The molecule has 31 heavy (non-hydrogen) atoms. The van der Waals surface area contributed by atoms with Crippen LogP contribution in [-0.4, -0.2) is 31.9 Å². The molecule has 0 aromatic heterocycles. The van der Waals surface area contributed by atoms with E-state index in [2.05, 4.69) is 31.2 Å². The number of hydrogen-bond acceptors (Lipinski definition) is 4. The largest absolute Gasteiger partial charge is 0.497 e. The highest BCUT2D eigenvalue weighted by molar-refractivity contribution is 5.87. The number of ether oxygens (including phenoxy) is 3. The van der Waals surface area contributed by atoms with Gasteiger partial charge in [0.05, 0.1) is 20.3 Å². The number of hydrogen-bond donors (Lipinski definition) is 0. The van der Waals surface area contributed by atoms with Gasteiger partial charge in [-0.3, -0.25) is 4.79 Å². The fourth-order valence-corrected chi connectivity index (χ4v) is 7.90. The Bertz CT molecular complexity index is 910. The first-order valence-electron chi connectivity index (χ1n) is 12.2. The summed E-state index contributed by atoms with van der Waals surface area (Å²) in [6, 6.07) is 8.62. The summed E-state index contributed by atoms with van der Waals surface area (Å²) in [6.07, 6.45) is 8.30. The molecule has 3 saturated carbocycles. The van der Waals surface area contributed by atoms with Crippen LogP contribution in [0.5, 0.6) is 5.75 Å². The average molecular weight is 423 g/mol. The molecule has 4 fully saturated rings. The highest BCUT2D eigenvalue weighted by Crippen LogP contribution is 2.63. The second-order valence-electron chi connectivity index (χ2n) is 10.7. The lowest BCUT2D eigenvalue weighted by molar-refractivity contribution is -0.181. The van der Waals surface area contributed by atoms with Crippen LogP contribution in [0.1, 0.15) is 69.8 Å². The number of fused-ring (bicyclic) bond motifs is 4. The summed E-state index contributed by atoms with van der Waals surface area (Å²) in [5.74, 6) is 3.06. The van der Waals surface area contributed by atoms with Crippen molar-refractivity contribution in [3.05, 3.63) is 41.0 Å². The maximum absolute atomic E-state index is 13.1. The lowest BCUT2D eigenvalue weighted by Gasteiger charge is -2.52. The molecule has 5 aliphatic rings. The Morgan fingerprint density at radius 1 is 1.00 bits per heavy atom. The highest BCUT2D eigenvalue weighted by Gasteiger charge is 2.57. The third-order valence-electron chi connectivity index (χ3n) is 9.38. The number of ketones is 1. The molecule has 0 radical (unpaired) electrons. The molecule has 1 saturated heterocycles. The van der Waals surface area contributed by atoms with Gasteiger partial charge < -0.3 is 14.2 Å². The van der Waals surface area contributed by atoms with Crippen molar-refractivity contribution in [2.45, 2.75) is 70.0 Å². The highest BCUT2D eigenvalue weighted by atomic mass is 16.7. The summed E-state index contributed by atoms with van der Waals surface area (Å²) < 4.78 is 17.6. The van der Waals surface area contributed by atoms with Crippen LogP contribution in [0.3, 0.4) is 0 Å². The van der Waals surface area contributed by atoms with E-state index in [1.165, 1.54) is 18.4 Å². The van der Waals surface area contributed by atoms with Crippen molar-refractivity contribution in [2.24, 2.45) is 23.2 Å². The second-order valence-corrected chi connectivity index (χ2v) is 10.7. The quantitative estimate of drug-likeness (QED) is 0.597. The van der Waals surface area contributed by atoms with Crippen LogP contribution in [0.15, 0.2) is 35.4 Å². The maximum atomic E-state index is 13.1. The summed E-state index contributed by atoms with van der Waals surface area (Å²) in [5, 5.41) is 0. The smallest absolute Gasteiger partial charge is 0.169 e. The number of Topliss-reactive ketones (excluding diaryl/α,β-unsaturated/α-hetero) is 1. The van der Waals surface area contributed by atoms with Gasteiger partial charge in [0.15, 0.2) is 5.79 Å². The van der Waals surface area contributed by atoms with E-state index in [9.17, 15) is 4.79 Å². The van der Waals surface area contributed by atoms with E-state index in [-0.39, 0.29) is 11.2 Å². The molecule has 1 spiro atoms. The Hall–Kier alpha value is -1.65. The molecule has 6 rings (SSSR count). The van der Waals surface area contributed by atoms with E-state index in [0.29, 0.717) is 29.5 Å². The van der Waals surface area contributed by atoms with Crippen molar-refractivity contribution in [1.29, 1.82) is 0 Å². The van der Waals surface area contributed by atoms with Gasteiger partial charge in [0.1, 0.15) is 11.5 Å². The Morgan fingerprint density at radius 2 is 1.77 bits per heavy atom. The summed E-state index contributed by atoms with van der Waals surface area (Å²) >= 11 is 0. The molecule has 5 atom stereocenters. The van der Waals surface area contributed by atoms with Crippen molar-refractivity contribution in [2.75, 3.05) is 20.3 Å². The summed E-state index contributed by atoms with van der Waals surface area (Å²) in [5.41, 5.74) is 4.55. The number of benzene rings is 1. The molecule has 1 aromatic carbocycles. The lowest BCUT2D eigenvalue weighted by Crippen LogP contribution is -2.46. The fourth-order valence-electron chi connectivity index (χ4n) is 7.90. The Kier molecular flexibility index (Phi) is 4.63. The van der Waals surface area contributed by atoms with Gasteiger partial charge in [0.2, 0.25) is 0 Å². The standard InChI is InChI=1S/C27H34O4/c1-26-16-22(17-3-6-19(29-2)7-4-17)25-20-11-12-27(30-13-14-31-27)15-18(20)5-8-21(25)23(26)9-10-24(26)28/h3-4,6-7,18,21-23H,5,8-16H2,1-2H3. The van der Waals surface area contributed by atoms with E-state index in [1.807, 2.05) is 0 Å². The number of rotatable bonds is 2. The molecule has 5 unspecified atom stereocenters. The van der Waals surface area contributed by atoms with E-state index in [0.717, 1.165) is 57.5 Å². The van der Waals surface area contributed by atoms with Crippen molar-refractivity contribution < 1.29 is 19.0 Å². The zero-order chi connectivity index (χ0) is 21.2. The number of carbonyl (C=O) groups excluding carboxylic acids is 1. The summed E-state index contributed by atoms with van der Waals surface area (Å²) in [6.45, 7) is 3.74. The molecule has 4 aliphatic carbocycles. The van der Waals surface area contributed by atoms with Crippen molar-refractivity contribution in [3.8, 4) is 5.75 Å². The van der Waals surface area contributed by atoms with Gasteiger partial charge in [-0.25, -0.2) is 0 Å². The molecule has 0 N–H and O–H groups in total. The van der Waals surface area contributed by atoms with E-state index in [1.54, 1.807) is 18.3 Å². The van der Waals surface area contributed by atoms with Crippen LogP contribution in [0.25, 0.3) is 0 Å². The minimum absolute atomic E-state index is 0.167. The van der Waals surface area contributed by atoms with Gasteiger partial charge in [-0.2, -0.15) is 0 Å². The number of methoxy groups -OCH3 is 1. The summed E-state index contributed by atoms with van der Waals surface area (Å²) in [4.78, 5) is 13.1. The van der Waals surface area contributed by atoms with Crippen LogP contribution in [0, 0.1) is 23.2 Å². The molecule has 4 nitrogen and oxygen atoms in total. The molecule has 166 valence electrons. The predicted molar refractivity (Wildman–Crippen MR) is 118 cm³/mol. The van der Waals surface area contributed by atoms with E-state index >= 15 is 0 Å². The molecule has 4 heteroatoms. The first-order chi connectivity index (χ1) is 15.0.